The molecule has 0 unspecified atom stereocenters. The van der Waals surface area contributed by atoms with Gasteiger partial charge < -0.3 is 5.32 Å². The first-order chi connectivity index (χ1) is 15.4. The van der Waals surface area contributed by atoms with Crippen molar-refractivity contribution in [3.05, 3.63) is 62.2 Å². The molecule has 2 rings (SSSR count). The molecule has 186 valence electrons. The number of nitro groups is 2. The Morgan fingerprint density at radius 2 is 1.46 bits per heavy atom. The van der Waals surface area contributed by atoms with Crippen molar-refractivity contribution in [1.29, 1.82) is 0 Å². The molecule has 0 atom stereocenters. The van der Waals surface area contributed by atoms with E-state index in [1.165, 1.54) is 0 Å². The van der Waals surface area contributed by atoms with Crippen LogP contribution in [0.25, 0.3) is 0 Å². The molecule has 0 saturated carbocycles. The third-order valence-electron chi connectivity index (χ3n) is 4.04. The summed E-state index contributed by atoms with van der Waals surface area (Å²) in [6.45, 7) is 4.71. The zero-order valence-corrected chi connectivity index (χ0v) is 19.5. The molecule has 0 aromatic heterocycles. The molecule has 14 nitrogen and oxygen atoms in total. The number of hydrogen-bond donors (Lipinski definition) is 2. The Balaban J connectivity index is 0.00000612. The van der Waals surface area contributed by atoms with Gasteiger partial charge >= 0.3 is 29.6 Å². The van der Waals surface area contributed by atoms with Gasteiger partial charge in [-0.15, -0.1) is 0 Å². The maximum atomic E-state index is 12.8. The van der Waals surface area contributed by atoms with Crippen molar-refractivity contribution in [1.82, 2.24) is 0 Å². The second-order valence-electron chi connectivity index (χ2n) is 8.08. The molecule has 0 heterocycles. The van der Waals surface area contributed by atoms with Gasteiger partial charge in [0.1, 0.15) is 9.79 Å². The minimum atomic E-state index is -5.11. The van der Waals surface area contributed by atoms with E-state index in [1.54, 1.807) is 20.8 Å². The molecular formula is C18H20N3NaO11S2. The normalized spacial score (nSPS) is 11.9. The van der Waals surface area contributed by atoms with E-state index in [2.05, 4.69) is 5.32 Å². The number of benzene rings is 2. The molecule has 0 saturated heterocycles. The summed E-state index contributed by atoms with van der Waals surface area (Å²) in [7, 11) is -9.75. The summed E-state index contributed by atoms with van der Waals surface area (Å²) in [4.78, 5) is 31.1. The van der Waals surface area contributed by atoms with E-state index in [0.29, 0.717) is 12.1 Å². The van der Waals surface area contributed by atoms with E-state index >= 15 is 0 Å². The number of hydrogen-bond acceptors (Lipinski definition) is 10. The molecule has 0 bridgehead atoms. The van der Waals surface area contributed by atoms with Crippen LogP contribution in [0.2, 0.25) is 0 Å². The summed E-state index contributed by atoms with van der Waals surface area (Å²) >= 11 is 0. The molecule has 35 heavy (non-hydrogen) atoms. The second kappa shape index (κ2) is 11.1. The van der Waals surface area contributed by atoms with E-state index in [1.807, 2.05) is 0 Å². The topological polar surface area (TPSA) is 213 Å². The van der Waals surface area contributed by atoms with Gasteiger partial charge in [0, 0.05) is 24.3 Å². The van der Waals surface area contributed by atoms with E-state index in [9.17, 15) is 46.4 Å². The number of nitro benzene ring substituents is 2. The first kappa shape index (κ1) is 30.6. The summed E-state index contributed by atoms with van der Waals surface area (Å²) in [6, 6.07) is 4.41. The van der Waals surface area contributed by atoms with Crippen LogP contribution in [0.5, 0.6) is 0 Å². The van der Waals surface area contributed by atoms with Gasteiger partial charge in [0.25, 0.3) is 37.5 Å². The zero-order chi connectivity index (χ0) is 26.1. The fourth-order valence-electron chi connectivity index (χ4n) is 2.47. The number of amides is 1. The average molecular weight is 541 g/mol. The molecule has 0 aliphatic rings. The molecule has 2 N–H and O–H groups in total. The first-order valence-electron chi connectivity index (χ1n) is 9.17. The van der Waals surface area contributed by atoms with E-state index < -0.39 is 73.8 Å². The number of carbonyl (C=O) groups is 1. The monoisotopic (exact) mass is 541 g/mol. The molecule has 1 amide bonds. The van der Waals surface area contributed by atoms with Gasteiger partial charge in [-0.25, -0.2) is 0 Å². The Labute approximate surface area is 222 Å². The second-order valence-corrected chi connectivity index (χ2v) is 11.1. The molecule has 17 heteroatoms. The summed E-state index contributed by atoms with van der Waals surface area (Å²) in [6.07, 6.45) is 0. The van der Waals surface area contributed by atoms with Crippen LogP contribution in [-0.4, -0.2) is 73.3 Å². The van der Waals surface area contributed by atoms with E-state index in [0.717, 1.165) is 24.3 Å². The number of anilines is 1. The molecule has 0 fully saturated rings. The van der Waals surface area contributed by atoms with Gasteiger partial charge in [-0.05, 0) is 17.5 Å². The van der Waals surface area contributed by atoms with E-state index in [4.69, 9.17) is 4.18 Å². The predicted molar refractivity (Wildman–Crippen MR) is 124 cm³/mol. The van der Waals surface area contributed by atoms with Crippen molar-refractivity contribution < 1.29 is 40.2 Å². The Morgan fingerprint density at radius 3 is 1.91 bits per heavy atom. The molecule has 2 aromatic carbocycles. The van der Waals surface area contributed by atoms with Crippen molar-refractivity contribution in [3.8, 4) is 0 Å². The summed E-state index contributed by atoms with van der Waals surface area (Å²) in [5, 5.41) is 24.1. The average Bonchev–Trinajstić information content (AvgIpc) is 2.70. The van der Waals surface area contributed by atoms with Gasteiger partial charge in [-0.3, -0.25) is 33.8 Å². The van der Waals surface area contributed by atoms with Gasteiger partial charge in [0.05, 0.1) is 27.7 Å². The van der Waals surface area contributed by atoms with Gasteiger partial charge in [-0.1, -0.05) is 20.8 Å². The number of nitrogens with one attached hydrogen (secondary N) is 1. The summed E-state index contributed by atoms with van der Waals surface area (Å²) < 4.78 is 63.2. The van der Waals surface area contributed by atoms with Crippen LogP contribution >= 0.6 is 0 Å². The fraction of sp³-hybridized carbons (Fsp3) is 0.278. The number of non-ortho nitro benzene ring substituents is 2. The standard InChI is InChI=1S/C18H19N3O11S2.Na.H/c1-18(2,3)10-32-34(30,31)16-9-12(21(25)26)5-7-14(16)19-17(22)13-6-4-11(20(23)24)8-15(13)33(27,28)29;;/h4-9H,10H2,1-3H3,(H,19,22)(H,27,28,29);;. The Kier molecular flexibility index (Phi) is 9.66. The third kappa shape index (κ3) is 8.03. The van der Waals surface area contributed by atoms with Crippen molar-refractivity contribution in [2.24, 2.45) is 5.41 Å². The summed E-state index contributed by atoms with van der Waals surface area (Å²) in [5.74, 6) is -1.27. The first-order valence-corrected chi connectivity index (χ1v) is 12.0. The molecule has 0 radical (unpaired) electrons. The number of carbonyl (C=O) groups excluding carboxylic acids is 1. The van der Waals surface area contributed by atoms with Crippen LogP contribution in [-0.2, 0) is 24.4 Å². The molecule has 0 aliphatic heterocycles. The van der Waals surface area contributed by atoms with Gasteiger partial charge in [0.15, 0.2) is 0 Å². The van der Waals surface area contributed by atoms with Crippen molar-refractivity contribution >= 4 is 72.8 Å². The molecule has 0 aliphatic carbocycles. The van der Waals surface area contributed by atoms with Gasteiger partial charge in [-0.2, -0.15) is 16.8 Å². The fourth-order valence-corrected chi connectivity index (χ4v) is 4.47. The van der Waals surface area contributed by atoms with Crippen LogP contribution in [0.1, 0.15) is 31.1 Å². The number of rotatable bonds is 8. The maximum absolute atomic E-state index is 12.8. The van der Waals surface area contributed by atoms with Crippen LogP contribution in [0, 0.1) is 25.6 Å². The van der Waals surface area contributed by atoms with Crippen LogP contribution in [0.15, 0.2) is 46.2 Å². The molecule has 2 aromatic rings. The van der Waals surface area contributed by atoms with Crippen LogP contribution in [0.4, 0.5) is 17.1 Å². The molecular weight excluding hydrogens is 521 g/mol. The minimum absolute atomic E-state index is 0. The zero-order valence-electron chi connectivity index (χ0n) is 17.9. The third-order valence-corrected chi connectivity index (χ3v) is 6.24. The Morgan fingerprint density at radius 1 is 0.971 bits per heavy atom. The summed E-state index contributed by atoms with van der Waals surface area (Å²) in [5.41, 5.74) is -3.22. The quantitative estimate of drug-likeness (QED) is 0.162. The van der Waals surface area contributed by atoms with Crippen molar-refractivity contribution in [3.63, 3.8) is 0 Å². The van der Waals surface area contributed by atoms with Crippen molar-refractivity contribution in [2.45, 2.75) is 30.6 Å². The van der Waals surface area contributed by atoms with Crippen molar-refractivity contribution in [2.75, 3.05) is 11.9 Å². The predicted octanol–water partition coefficient (Wildman–Crippen LogP) is 2.10. The Bertz CT molecular complexity index is 1380. The SMILES string of the molecule is CC(C)(C)COS(=O)(=O)c1cc([N+](=O)[O-])ccc1NC(=O)c1ccc([N+](=O)[O-])cc1S(=O)(=O)O.[NaH]. The number of nitrogens with zero attached hydrogens (tertiary/aromatic N) is 2. The van der Waals surface area contributed by atoms with Gasteiger partial charge in [0.2, 0.25) is 0 Å². The molecule has 0 spiro atoms. The van der Waals surface area contributed by atoms with Crippen LogP contribution < -0.4 is 5.32 Å². The van der Waals surface area contributed by atoms with Crippen LogP contribution in [0.3, 0.4) is 0 Å². The van der Waals surface area contributed by atoms with E-state index in [-0.39, 0.29) is 36.2 Å². The Hall–Kier alpha value is -2.47.